The molecule has 1 saturated heterocycles. The quantitative estimate of drug-likeness (QED) is 0.391. The highest BCUT2D eigenvalue weighted by Gasteiger charge is 2.44. The van der Waals surface area contributed by atoms with Gasteiger partial charge >= 0.3 is 6.03 Å². The molecule has 9 nitrogen and oxygen atoms in total. The highest BCUT2D eigenvalue weighted by atomic mass is 35.5. The molecule has 6 N–H and O–H groups in total. The van der Waals surface area contributed by atoms with Crippen molar-refractivity contribution >= 4 is 45.7 Å². The lowest BCUT2D eigenvalue weighted by Gasteiger charge is -2.39. The zero-order chi connectivity index (χ0) is 21.1. The number of ether oxygens (including phenoxy) is 1. The molecule has 3 rings (SSSR count). The predicted molar refractivity (Wildman–Crippen MR) is 107 cm³/mol. The summed E-state index contributed by atoms with van der Waals surface area (Å²) in [6, 6.07) is 4.42. The topological polar surface area (TPSA) is 144 Å². The number of nitrogens with zero attached hydrogens (tertiary/aromatic N) is 1. The van der Waals surface area contributed by atoms with Crippen LogP contribution >= 0.6 is 34.5 Å². The summed E-state index contributed by atoms with van der Waals surface area (Å²) in [5.74, 6) is 0. The second-order valence-corrected chi connectivity index (χ2v) is 8.07. The Bertz CT molecular complexity index is 867. The van der Waals surface area contributed by atoms with Crippen molar-refractivity contribution in [1.29, 1.82) is 0 Å². The Morgan fingerprint density at radius 1 is 1.21 bits per heavy atom. The van der Waals surface area contributed by atoms with Crippen LogP contribution in [0.15, 0.2) is 23.6 Å². The van der Waals surface area contributed by atoms with Gasteiger partial charge in [0.2, 0.25) is 0 Å². The van der Waals surface area contributed by atoms with Gasteiger partial charge in [0.05, 0.1) is 12.3 Å². The maximum absolute atomic E-state index is 12.1. The molecule has 1 aromatic heterocycles. The molecular weight excluding hydrogens is 445 g/mol. The van der Waals surface area contributed by atoms with Gasteiger partial charge in [-0.25, -0.2) is 9.78 Å². The number of aromatic nitrogens is 1. The molecule has 158 valence electrons. The van der Waals surface area contributed by atoms with Gasteiger partial charge in [-0.2, -0.15) is 0 Å². The summed E-state index contributed by atoms with van der Waals surface area (Å²) in [7, 11) is 0. The predicted octanol–water partition coefficient (Wildman–Crippen LogP) is 1.29. The van der Waals surface area contributed by atoms with Crippen LogP contribution in [0.1, 0.15) is 17.4 Å². The molecule has 1 aromatic carbocycles. The number of thiazole rings is 1. The summed E-state index contributed by atoms with van der Waals surface area (Å²) in [5, 5.41) is 47.0. The van der Waals surface area contributed by atoms with Crippen molar-refractivity contribution < 1.29 is 30.0 Å². The van der Waals surface area contributed by atoms with Crippen LogP contribution in [0.3, 0.4) is 0 Å². The average Bonchev–Trinajstić information content (AvgIpc) is 3.14. The lowest BCUT2D eigenvalue weighted by molar-refractivity contribution is -0.232. The fourth-order valence-electron chi connectivity index (χ4n) is 2.80. The lowest BCUT2D eigenvalue weighted by Crippen LogP contribution is -2.55. The number of aliphatic hydroxyl groups is 4. The number of carbonyl (C=O) groups excluding carboxylic acids is 1. The van der Waals surface area contributed by atoms with Crippen molar-refractivity contribution in [3.05, 3.63) is 44.9 Å². The highest BCUT2D eigenvalue weighted by molar-refractivity contribution is 7.13. The van der Waals surface area contributed by atoms with Gasteiger partial charge in [-0.15, -0.1) is 11.3 Å². The molecule has 2 amide bonds. The Balaban J connectivity index is 1.60. The molecule has 12 heteroatoms. The van der Waals surface area contributed by atoms with E-state index in [0.29, 0.717) is 15.6 Å². The number of nitrogens with one attached hydrogen (secondary N) is 2. The summed E-state index contributed by atoms with van der Waals surface area (Å²) >= 11 is 13.0. The van der Waals surface area contributed by atoms with E-state index in [9.17, 15) is 25.2 Å². The van der Waals surface area contributed by atoms with Gasteiger partial charge in [-0.3, -0.25) is 5.32 Å². The number of halogens is 2. The van der Waals surface area contributed by atoms with Crippen molar-refractivity contribution in [3.8, 4) is 0 Å². The van der Waals surface area contributed by atoms with Crippen LogP contribution in [-0.4, -0.2) is 62.5 Å². The maximum atomic E-state index is 12.1. The Hall–Kier alpha value is -1.50. The number of amides is 2. The normalized spacial score (nSPS) is 26.9. The van der Waals surface area contributed by atoms with Crippen molar-refractivity contribution in [2.24, 2.45) is 0 Å². The molecule has 1 aliphatic heterocycles. The number of hydrogen-bond acceptors (Lipinski definition) is 8. The van der Waals surface area contributed by atoms with E-state index in [1.54, 1.807) is 23.6 Å². The van der Waals surface area contributed by atoms with Crippen LogP contribution in [-0.2, 0) is 11.3 Å². The van der Waals surface area contributed by atoms with Crippen LogP contribution in [0.5, 0.6) is 0 Å². The molecule has 0 spiro atoms. The van der Waals surface area contributed by atoms with E-state index < -0.39 is 43.2 Å². The standard InChI is InChI=1S/C17H19Cl2N3O6S/c18-8-2-1-7(9(19)3-8)4-20-16(27)22-17-21-10(6-29-17)15-14(26)13(25)12(24)11(5-23)28-15/h1-3,6,11-15,23-26H,4-5H2,(H2,20,21,22,27)/t11-,12-,13+,14-,15+/m1/s1. The molecular formula is C17H19Cl2N3O6S. The minimum atomic E-state index is -1.50. The van der Waals surface area contributed by atoms with Gasteiger partial charge < -0.3 is 30.5 Å². The lowest BCUT2D eigenvalue weighted by atomic mass is 9.94. The van der Waals surface area contributed by atoms with E-state index in [1.165, 1.54) is 0 Å². The molecule has 29 heavy (non-hydrogen) atoms. The maximum Gasteiger partial charge on any atom is 0.321 e. The minimum Gasteiger partial charge on any atom is -0.394 e. The van der Waals surface area contributed by atoms with E-state index in [0.717, 1.165) is 11.3 Å². The number of urea groups is 1. The number of hydrogen-bond donors (Lipinski definition) is 6. The molecule has 0 unspecified atom stereocenters. The SMILES string of the molecule is O=C(NCc1ccc(Cl)cc1Cl)Nc1nc([C@@H]2O[C@H](CO)[C@@H](O)[C@H](O)[C@H]2O)cs1. The fourth-order valence-corrected chi connectivity index (χ4v) is 4.01. The van der Waals surface area contributed by atoms with Gasteiger partial charge in [-0.05, 0) is 17.7 Å². The van der Waals surface area contributed by atoms with Gasteiger partial charge in [0.15, 0.2) is 5.13 Å². The molecule has 1 fully saturated rings. The number of carbonyl (C=O) groups is 1. The Kier molecular flexibility index (Phi) is 7.30. The van der Waals surface area contributed by atoms with Gasteiger partial charge in [0.1, 0.15) is 30.5 Å². The van der Waals surface area contributed by atoms with Crippen molar-refractivity contribution in [2.75, 3.05) is 11.9 Å². The van der Waals surface area contributed by atoms with Crippen LogP contribution in [0.2, 0.25) is 10.0 Å². The van der Waals surface area contributed by atoms with Crippen LogP contribution in [0.4, 0.5) is 9.93 Å². The Labute approximate surface area is 179 Å². The average molecular weight is 464 g/mol. The third kappa shape index (κ3) is 5.16. The first-order valence-corrected chi connectivity index (χ1v) is 10.2. The van der Waals surface area contributed by atoms with Crippen molar-refractivity contribution in [2.45, 2.75) is 37.1 Å². The van der Waals surface area contributed by atoms with Gasteiger partial charge in [-0.1, -0.05) is 29.3 Å². The molecule has 0 aliphatic carbocycles. The first-order valence-electron chi connectivity index (χ1n) is 8.55. The van der Waals surface area contributed by atoms with Gasteiger partial charge in [0, 0.05) is 22.0 Å². The van der Waals surface area contributed by atoms with E-state index in [1.807, 2.05) is 0 Å². The summed E-state index contributed by atoms with van der Waals surface area (Å²) in [4.78, 5) is 16.3. The second-order valence-electron chi connectivity index (χ2n) is 6.37. The molecule has 0 saturated carbocycles. The Morgan fingerprint density at radius 2 is 1.97 bits per heavy atom. The van der Waals surface area contributed by atoms with Crippen molar-refractivity contribution in [3.63, 3.8) is 0 Å². The monoisotopic (exact) mass is 463 g/mol. The van der Waals surface area contributed by atoms with E-state index in [2.05, 4.69) is 15.6 Å². The molecule has 1 aliphatic rings. The van der Waals surface area contributed by atoms with Gasteiger partial charge in [0.25, 0.3) is 0 Å². The summed E-state index contributed by atoms with van der Waals surface area (Å²) in [5.41, 5.74) is 0.940. The number of rotatable bonds is 5. The van der Waals surface area contributed by atoms with Crippen LogP contribution in [0, 0.1) is 0 Å². The minimum absolute atomic E-state index is 0.173. The largest absolute Gasteiger partial charge is 0.394 e. The summed E-state index contributed by atoms with van der Waals surface area (Å²) < 4.78 is 5.44. The number of aliphatic hydroxyl groups excluding tert-OH is 4. The number of anilines is 1. The molecule has 2 aromatic rings. The fraction of sp³-hybridized carbons (Fsp3) is 0.412. The zero-order valence-electron chi connectivity index (χ0n) is 14.8. The third-order valence-electron chi connectivity index (χ3n) is 4.38. The smallest absolute Gasteiger partial charge is 0.321 e. The molecule has 0 radical (unpaired) electrons. The first-order chi connectivity index (χ1) is 13.8. The third-order valence-corrected chi connectivity index (χ3v) is 5.74. The van der Waals surface area contributed by atoms with E-state index >= 15 is 0 Å². The first kappa shape index (κ1) is 22.2. The highest BCUT2D eigenvalue weighted by Crippen LogP contribution is 2.33. The Morgan fingerprint density at radius 3 is 2.66 bits per heavy atom. The molecule has 0 bridgehead atoms. The van der Waals surface area contributed by atoms with Crippen LogP contribution in [0.25, 0.3) is 0 Å². The van der Waals surface area contributed by atoms with E-state index in [-0.39, 0.29) is 17.4 Å². The summed E-state index contributed by atoms with van der Waals surface area (Å²) in [6.07, 6.45) is -6.50. The van der Waals surface area contributed by atoms with E-state index in [4.69, 9.17) is 27.9 Å². The van der Waals surface area contributed by atoms with Crippen molar-refractivity contribution in [1.82, 2.24) is 10.3 Å². The van der Waals surface area contributed by atoms with Crippen LogP contribution < -0.4 is 10.6 Å². The molecule has 5 atom stereocenters. The molecule has 2 heterocycles. The zero-order valence-corrected chi connectivity index (χ0v) is 17.2. The second kappa shape index (κ2) is 9.54. The number of benzene rings is 1. The summed E-state index contributed by atoms with van der Waals surface area (Å²) in [6.45, 7) is -0.362.